The topological polar surface area (TPSA) is 29.5 Å². The van der Waals surface area contributed by atoms with Gasteiger partial charge in [0.2, 0.25) is 5.91 Å². The van der Waals surface area contributed by atoms with E-state index in [1.807, 2.05) is 11.8 Å². The summed E-state index contributed by atoms with van der Waals surface area (Å²) in [5.74, 6) is 0.240. The summed E-state index contributed by atoms with van der Waals surface area (Å²) in [4.78, 5) is 13.0. The Labute approximate surface area is 67.3 Å². The van der Waals surface area contributed by atoms with Gasteiger partial charge in [-0.2, -0.15) is 0 Å². The second-order valence-corrected chi connectivity index (χ2v) is 2.84. The Hall–Kier alpha value is -0.570. The molecule has 0 aromatic carbocycles. The van der Waals surface area contributed by atoms with Gasteiger partial charge in [0.05, 0.1) is 6.10 Å². The highest BCUT2D eigenvalue weighted by Crippen LogP contribution is 2.12. The Bertz CT molecular complexity index is 147. The minimum atomic E-state index is 0.240. The predicted molar refractivity (Wildman–Crippen MR) is 42.3 cm³/mol. The molecule has 0 aromatic heterocycles. The molecule has 0 aliphatic carbocycles. The van der Waals surface area contributed by atoms with E-state index in [9.17, 15) is 4.79 Å². The molecule has 0 bridgehead atoms. The van der Waals surface area contributed by atoms with Gasteiger partial charge in [0, 0.05) is 26.6 Å². The summed E-state index contributed by atoms with van der Waals surface area (Å²) in [6.07, 6.45) is 1.86. The van der Waals surface area contributed by atoms with Crippen LogP contribution in [0.2, 0.25) is 0 Å². The van der Waals surface area contributed by atoms with E-state index < -0.39 is 0 Å². The second kappa shape index (κ2) is 3.72. The maximum absolute atomic E-state index is 11.1. The fourth-order valence-corrected chi connectivity index (χ4v) is 1.37. The first-order valence-electron chi connectivity index (χ1n) is 4.08. The van der Waals surface area contributed by atoms with Gasteiger partial charge < -0.3 is 9.64 Å². The van der Waals surface area contributed by atoms with Crippen molar-refractivity contribution in [3.8, 4) is 0 Å². The largest absolute Gasteiger partial charge is 0.380 e. The first-order valence-corrected chi connectivity index (χ1v) is 4.08. The van der Waals surface area contributed by atoms with Gasteiger partial charge in [-0.15, -0.1) is 0 Å². The van der Waals surface area contributed by atoms with Crippen LogP contribution in [0.5, 0.6) is 0 Å². The minimum Gasteiger partial charge on any atom is -0.380 e. The highest BCUT2D eigenvalue weighted by atomic mass is 16.5. The van der Waals surface area contributed by atoms with E-state index in [1.165, 1.54) is 0 Å². The zero-order chi connectivity index (χ0) is 8.27. The van der Waals surface area contributed by atoms with E-state index in [-0.39, 0.29) is 12.0 Å². The molecule has 0 aromatic rings. The molecule has 0 saturated carbocycles. The molecule has 0 radical (unpaired) electrons. The third-order valence-electron chi connectivity index (χ3n) is 2.13. The Morgan fingerprint density at radius 3 is 2.91 bits per heavy atom. The lowest BCUT2D eigenvalue weighted by molar-refractivity contribution is -0.130. The first kappa shape index (κ1) is 8.53. The second-order valence-electron chi connectivity index (χ2n) is 2.84. The highest BCUT2D eigenvalue weighted by molar-refractivity contribution is 5.76. The van der Waals surface area contributed by atoms with E-state index in [1.54, 1.807) is 7.11 Å². The zero-order valence-electron chi connectivity index (χ0n) is 7.17. The summed E-state index contributed by atoms with van der Waals surface area (Å²) in [6.45, 7) is 3.54. The van der Waals surface area contributed by atoms with E-state index >= 15 is 0 Å². The monoisotopic (exact) mass is 157 g/mol. The molecule has 1 saturated heterocycles. The van der Waals surface area contributed by atoms with Crippen LogP contribution in [-0.2, 0) is 9.53 Å². The van der Waals surface area contributed by atoms with Crippen molar-refractivity contribution >= 4 is 5.91 Å². The average Bonchev–Trinajstić information content (AvgIpc) is 2.50. The van der Waals surface area contributed by atoms with Crippen molar-refractivity contribution in [3.63, 3.8) is 0 Å². The third kappa shape index (κ3) is 1.93. The number of carbonyl (C=O) groups is 1. The van der Waals surface area contributed by atoms with Gasteiger partial charge in [-0.25, -0.2) is 0 Å². The highest BCUT2D eigenvalue weighted by Gasteiger charge is 2.24. The van der Waals surface area contributed by atoms with Gasteiger partial charge in [-0.05, 0) is 6.42 Å². The lowest BCUT2D eigenvalue weighted by Gasteiger charge is -2.14. The zero-order valence-corrected chi connectivity index (χ0v) is 7.17. The van der Waals surface area contributed by atoms with Gasteiger partial charge in [0.25, 0.3) is 0 Å². The van der Waals surface area contributed by atoms with Gasteiger partial charge in [0.15, 0.2) is 0 Å². The molecule has 1 rings (SSSR count). The van der Waals surface area contributed by atoms with E-state index in [2.05, 4.69) is 0 Å². The van der Waals surface area contributed by atoms with Crippen LogP contribution >= 0.6 is 0 Å². The van der Waals surface area contributed by atoms with E-state index in [0.717, 1.165) is 19.5 Å². The van der Waals surface area contributed by atoms with Gasteiger partial charge in [-0.3, -0.25) is 4.79 Å². The van der Waals surface area contributed by atoms with Crippen LogP contribution in [-0.4, -0.2) is 37.1 Å². The quantitative estimate of drug-likeness (QED) is 0.589. The predicted octanol–water partition coefficient (Wildman–Crippen LogP) is 0.644. The lowest BCUT2D eigenvalue weighted by atomic mass is 10.3. The van der Waals surface area contributed by atoms with Crippen LogP contribution in [0.3, 0.4) is 0 Å². The summed E-state index contributed by atoms with van der Waals surface area (Å²) in [7, 11) is 1.70. The summed E-state index contributed by atoms with van der Waals surface area (Å²) >= 11 is 0. The molecule has 1 amide bonds. The van der Waals surface area contributed by atoms with Crippen molar-refractivity contribution in [2.45, 2.75) is 25.9 Å². The summed E-state index contributed by atoms with van der Waals surface area (Å²) in [6, 6.07) is 0. The smallest absolute Gasteiger partial charge is 0.222 e. The molecule has 64 valence electrons. The third-order valence-corrected chi connectivity index (χ3v) is 2.13. The molecule has 0 unspecified atom stereocenters. The number of methoxy groups -OCH3 is 1. The van der Waals surface area contributed by atoms with Crippen LogP contribution < -0.4 is 0 Å². The van der Waals surface area contributed by atoms with Crippen LogP contribution in [0.25, 0.3) is 0 Å². The molecule has 1 fully saturated rings. The number of rotatable bonds is 2. The first-order chi connectivity index (χ1) is 5.27. The molecular weight excluding hydrogens is 142 g/mol. The number of nitrogens with zero attached hydrogens (tertiary/aromatic N) is 1. The number of likely N-dealkylation sites (tertiary alicyclic amines) is 1. The number of hydrogen-bond acceptors (Lipinski definition) is 2. The maximum Gasteiger partial charge on any atom is 0.222 e. The molecular formula is C8H15NO2. The van der Waals surface area contributed by atoms with Crippen molar-refractivity contribution in [2.75, 3.05) is 20.2 Å². The van der Waals surface area contributed by atoms with Crippen LogP contribution in [0.4, 0.5) is 0 Å². The maximum atomic E-state index is 11.1. The Morgan fingerprint density at radius 2 is 2.45 bits per heavy atom. The summed E-state index contributed by atoms with van der Waals surface area (Å²) < 4.78 is 5.14. The van der Waals surface area contributed by atoms with E-state index in [0.29, 0.717) is 6.42 Å². The molecule has 0 spiro atoms. The molecule has 1 aliphatic rings. The van der Waals surface area contributed by atoms with Crippen molar-refractivity contribution in [1.29, 1.82) is 0 Å². The normalized spacial score (nSPS) is 24.2. The Balaban J connectivity index is 2.35. The van der Waals surface area contributed by atoms with Crippen molar-refractivity contribution in [3.05, 3.63) is 0 Å². The molecule has 3 heteroatoms. The lowest BCUT2D eigenvalue weighted by Crippen LogP contribution is -2.29. The van der Waals surface area contributed by atoms with Gasteiger partial charge in [0.1, 0.15) is 0 Å². The summed E-state index contributed by atoms with van der Waals surface area (Å²) in [5, 5.41) is 0. The Kier molecular flexibility index (Phi) is 2.88. The average molecular weight is 157 g/mol. The van der Waals surface area contributed by atoms with Crippen LogP contribution in [0.15, 0.2) is 0 Å². The molecule has 3 nitrogen and oxygen atoms in total. The van der Waals surface area contributed by atoms with Crippen LogP contribution in [0, 0.1) is 0 Å². The molecule has 1 atom stereocenters. The van der Waals surface area contributed by atoms with Crippen molar-refractivity contribution < 1.29 is 9.53 Å². The van der Waals surface area contributed by atoms with Gasteiger partial charge >= 0.3 is 0 Å². The number of carbonyl (C=O) groups excluding carboxylic acids is 1. The minimum absolute atomic E-state index is 0.240. The standard InChI is InChI=1S/C8H15NO2/c1-3-8(10)9-5-4-7(6-9)11-2/h7H,3-6H2,1-2H3/t7-/m0/s1. The van der Waals surface area contributed by atoms with E-state index in [4.69, 9.17) is 4.74 Å². The fraction of sp³-hybridized carbons (Fsp3) is 0.875. The molecule has 1 aliphatic heterocycles. The number of ether oxygens (including phenoxy) is 1. The number of amides is 1. The number of hydrogen-bond donors (Lipinski definition) is 0. The summed E-state index contributed by atoms with van der Waals surface area (Å²) in [5.41, 5.74) is 0. The van der Waals surface area contributed by atoms with Crippen LogP contribution in [0.1, 0.15) is 19.8 Å². The molecule has 0 N–H and O–H groups in total. The SMILES string of the molecule is CCC(=O)N1CC[C@H](OC)C1. The molecule has 11 heavy (non-hydrogen) atoms. The van der Waals surface area contributed by atoms with Crippen molar-refractivity contribution in [2.24, 2.45) is 0 Å². The molecule has 1 heterocycles. The fourth-order valence-electron chi connectivity index (χ4n) is 1.37. The van der Waals surface area contributed by atoms with Gasteiger partial charge in [-0.1, -0.05) is 6.92 Å². The van der Waals surface area contributed by atoms with Crippen molar-refractivity contribution in [1.82, 2.24) is 4.90 Å². The Morgan fingerprint density at radius 1 is 1.73 bits per heavy atom.